The zero-order valence-electron chi connectivity index (χ0n) is 19.5. The Morgan fingerprint density at radius 3 is 2.32 bits per heavy atom. The van der Waals surface area contributed by atoms with Gasteiger partial charge in [-0.15, -0.1) is 5.10 Å². The fourth-order valence-electron chi connectivity index (χ4n) is 4.55. The average Bonchev–Trinajstić information content (AvgIpc) is 3.30. The summed E-state index contributed by atoms with van der Waals surface area (Å²) in [6.45, 7) is 0. The molecule has 176 valence electrons. The molecule has 34 heavy (non-hydrogen) atoms. The van der Waals surface area contributed by atoms with Crippen LogP contribution in [0.15, 0.2) is 47.7 Å². The highest BCUT2D eigenvalue weighted by atomic mass is 16.5. The number of ketones is 1. The number of allylic oxidation sites excluding steroid dienone is 2. The third-order valence-electron chi connectivity index (χ3n) is 6.20. The van der Waals surface area contributed by atoms with Gasteiger partial charge in [-0.2, -0.15) is 4.98 Å². The summed E-state index contributed by atoms with van der Waals surface area (Å²) in [6.07, 6.45) is 2.09. The molecule has 0 radical (unpaired) electrons. The van der Waals surface area contributed by atoms with Crippen molar-refractivity contribution in [3.8, 4) is 34.4 Å². The molecule has 0 saturated carbocycles. The van der Waals surface area contributed by atoms with E-state index in [0.717, 1.165) is 29.7 Å². The Labute approximate surface area is 197 Å². The lowest BCUT2D eigenvalue weighted by Gasteiger charge is -2.32. The SMILES string of the molecule is COc1cc(OC)cc(-c2nc3n(n2)C(c2ccc(OC)c(OC)c2)C2=C(CCCC2=O)N3)c1. The van der Waals surface area contributed by atoms with E-state index in [1.807, 2.05) is 30.3 Å². The number of methoxy groups -OCH3 is 4. The second-order valence-electron chi connectivity index (χ2n) is 8.12. The van der Waals surface area contributed by atoms with Crippen molar-refractivity contribution in [2.75, 3.05) is 33.8 Å². The van der Waals surface area contributed by atoms with E-state index in [0.29, 0.717) is 46.8 Å². The number of carbonyl (C=O) groups excluding carboxylic acids is 1. The molecule has 0 amide bonds. The summed E-state index contributed by atoms with van der Waals surface area (Å²) in [5.74, 6) is 3.66. The number of ether oxygens (including phenoxy) is 4. The van der Waals surface area contributed by atoms with Crippen LogP contribution in [-0.4, -0.2) is 49.0 Å². The first-order valence-electron chi connectivity index (χ1n) is 11.0. The molecule has 0 saturated heterocycles. The Bertz CT molecular complexity index is 1270. The lowest BCUT2D eigenvalue weighted by molar-refractivity contribution is -0.116. The quantitative estimate of drug-likeness (QED) is 0.587. The predicted molar refractivity (Wildman–Crippen MR) is 126 cm³/mol. The van der Waals surface area contributed by atoms with E-state index in [1.165, 1.54) is 0 Å². The summed E-state index contributed by atoms with van der Waals surface area (Å²) in [4.78, 5) is 17.9. The first-order chi connectivity index (χ1) is 16.6. The molecule has 1 aliphatic heterocycles. The van der Waals surface area contributed by atoms with Crippen LogP contribution in [0.25, 0.3) is 11.4 Å². The lowest BCUT2D eigenvalue weighted by atomic mass is 9.85. The number of carbonyl (C=O) groups is 1. The van der Waals surface area contributed by atoms with Crippen LogP contribution in [0.5, 0.6) is 23.0 Å². The number of fused-ring (bicyclic) bond motifs is 1. The highest BCUT2D eigenvalue weighted by molar-refractivity contribution is 5.99. The molecule has 0 bridgehead atoms. The molecule has 2 aliphatic rings. The van der Waals surface area contributed by atoms with E-state index in [9.17, 15) is 4.79 Å². The van der Waals surface area contributed by atoms with E-state index in [1.54, 1.807) is 39.2 Å². The van der Waals surface area contributed by atoms with Gasteiger partial charge in [0, 0.05) is 29.3 Å². The maximum absolute atomic E-state index is 13.1. The molecule has 2 aromatic carbocycles. The van der Waals surface area contributed by atoms with Crippen LogP contribution in [0.4, 0.5) is 5.95 Å². The molecule has 1 atom stereocenters. The van der Waals surface area contributed by atoms with Crippen molar-refractivity contribution in [1.29, 1.82) is 0 Å². The molecular formula is C25H26N4O5. The van der Waals surface area contributed by atoms with E-state index in [4.69, 9.17) is 29.0 Å². The van der Waals surface area contributed by atoms with E-state index in [-0.39, 0.29) is 5.78 Å². The van der Waals surface area contributed by atoms with Crippen LogP contribution >= 0.6 is 0 Å². The minimum atomic E-state index is -0.437. The zero-order chi connectivity index (χ0) is 23.8. The summed E-state index contributed by atoms with van der Waals surface area (Å²) >= 11 is 0. The van der Waals surface area contributed by atoms with Gasteiger partial charge in [-0.1, -0.05) is 6.07 Å². The molecule has 1 aliphatic carbocycles. The summed E-state index contributed by atoms with van der Waals surface area (Å²) < 4.78 is 23.5. The second-order valence-corrected chi connectivity index (χ2v) is 8.12. The van der Waals surface area contributed by atoms with Crippen molar-refractivity contribution in [2.45, 2.75) is 25.3 Å². The summed E-state index contributed by atoms with van der Waals surface area (Å²) in [5.41, 5.74) is 3.22. The van der Waals surface area contributed by atoms with Crippen molar-refractivity contribution < 1.29 is 23.7 Å². The number of nitrogens with one attached hydrogen (secondary N) is 1. The van der Waals surface area contributed by atoms with Gasteiger partial charge < -0.3 is 24.3 Å². The van der Waals surface area contributed by atoms with Crippen molar-refractivity contribution in [3.05, 3.63) is 53.2 Å². The topological polar surface area (TPSA) is 96.7 Å². The van der Waals surface area contributed by atoms with Gasteiger partial charge in [-0.3, -0.25) is 4.79 Å². The highest BCUT2D eigenvalue weighted by Gasteiger charge is 2.37. The zero-order valence-corrected chi connectivity index (χ0v) is 19.5. The molecule has 0 spiro atoms. The van der Waals surface area contributed by atoms with Gasteiger partial charge in [0.05, 0.1) is 28.4 Å². The van der Waals surface area contributed by atoms with Crippen molar-refractivity contribution in [2.24, 2.45) is 0 Å². The van der Waals surface area contributed by atoms with Gasteiger partial charge in [-0.25, -0.2) is 4.68 Å². The number of aromatic nitrogens is 3. The summed E-state index contributed by atoms with van der Waals surface area (Å²) in [5, 5.41) is 8.18. The lowest BCUT2D eigenvalue weighted by Crippen LogP contribution is -2.31. The first kappa shape index (κ1) is 21.8. The van der Waals surface area contributed by atoms with Crippen LogP contribution in [0.1, 0.15) is 30.9 Å². The Morgan fingerprint density at radius 2 is 1.65 bits per heavy atom. The summed E-state index contributed by atoms with van der Waals surface area (Å²) in [6, 6.07) is 10.7. The molecule has 5 rings (SSSR count). The van der Waals surface area contributed by atoms with Crippen LogP contribution in [0.2, 0.25) is 0 Å². The third kappa shape index (κ3) is 3.63. The monoisotopic (exact) mass is 462 g/mol. The predicted octanol–water partition coefficient (Wildman–Crippen LogP) is 4.00. The van der Waals surface area contributed by atoms with Gasteiger partial charge in [-0.05, 0) is 42.7 Å². The Balaban J connectivity index is 1.67. The van der Waals surface area contributed by atoms with Gasteiger partial charge in [0.1, 0.15) is 17.5 Å². The van der Waals surface area contributed by atoms with Crippen LogP contribution in [-0.2, 0) is 4.79 Å². The van der Waals surface area contributed by atoms with Crippen molar-refractivity contribution >= 4 is 11.7 Å². The van der Waals surface area contributed by atoms with Crippen LogP contribution in [0.3, 0.4) is 0 Å². The van der Waals surface area contributed by atoms with Gasteiger partial charge in [0.25, 0.3) is 0 Å². The van der Waals surface area contributed by atoms with Crippen LogP contribution in [0, 0.1) is 0 Å². The highest BCUT2D eigenvalue weighted by Crippen LogP contribution is 2.43. The van der Waals surface area contributed by atoms with E-state index < -0.39 is 6.04 Å². The van der Waals surface area contributed by atoms with E-state index >= 15 is 0 Å². The number of Topliss-reactive ketones (excluding diaryl/α,β-unsaturated/α-hetero) is 1. The van der Waals surface area contributed by atoms with Crippen molar-refractivity contribution in [3.63, 3.8) is 0 Å². The maximum atomic E-state index is 13.1. The number of benzene rings is 2. The Hall–Kier alpha value is -4.01. The van der Waals surface area contributed by atoms with Gasteiger partial charge in [0.15, 0.2) is 23.1 Å². The number of rotatable bonds is 6. The second kappa shape index (κ2) is 8.74. The largest absolute Gasteiger partial charge is 0.497 e. The average molecular weight is 463 g/mol. The van der Waals surface area contributed by atoms with E-state index in [2.05, 4.69) is 5.32 Å². The molecule has 1 unspecified atom stereocenters. The minimum Gasteiger partial charge on any atom is -0.497 e. The van der Waals surface area contributed by atoms with Crippen LogP contribution < -0.4 is 24.3 Å². The molecule has 0 fully saturated rings. The minimum absolute atomic E-state index is 0.110. The molecule has 2 heterocycles. The standard InChI is InChI=1S/C25H26N4O5/c1-31-16-10-15(11-17(13-16)32-2)24-27-25-26-18-6-5-7-19(30)22(18)23(29(25)28-24)14-8-9-20(33-3)21(12-14)34-4/h8-13,23H,5-7H2,1-4H3,(H,26,27,28). The molecular weight excluding hydrogens is 436 g/mol. The number of hydrogen-bond donors (Lipinski definition) is 1. The Morgan fingerprint density at radius 1 is 0.912 bits per heavy atom. The normalized spacial score (nSPS) is 16.9. The van der Waals surface area contributed by atoms with Crippen molar-refractivity contribution in [1.82, 2.24) is 14.8 Å². The van der Waals surface area contributed by atoms with Gasteiger partial charge >= 0.3 is 0 Å². The van der Waals surface area contributed by atoms with Gasteiger partial charge in [0.2, 0.25) is 5.95 Å². The molecule has 3 aromatic rings. The molecule has 1 aromatic heterocycles. The molecule has 9 nitrogen and oxygen atoms in total. The molecule has 1 N–H and O–H groups in total. The number of anilines is 1. The Kier molecular flexibility index (Phi) is 5.61. The number of nitrogens with zero attached hydrogens (tertiary/aromatic N) is 3. The fraction of sp³-hybridized carbons (Fsp3) is 0.320. The third-order valence-corrected chi connectivity index (χ3v) is 6.20. The smallest absolute Gasteiger partial charge is 0.226 e. The summed E-state index contributed by atoms with van der Waals surface area (Å²) in [7, 11) is 6.39. The fourth-order valence-corrected chi connectivity index (χ4v) is 4.55. The maximum Gasteiger partial charge on any atom is 0.226 e. The first-order valence-corrected chi connectivity index (χ1v) is 11.0. The molecule has 9 heteroatoms. The number of hydrogen-bond acceptors (Lipinski definition) is 8.